The fourth-order valence-corrected chi connectivity index (χ4v) is 2.41. The van der Waals surface area contributed by atoms with Gasteiger partial charge in [0, 0.05) is 0 Å². The molecule has 1 aliphatic heterocycles. The summed E-state index contributed by atoms with van der Waals surface area (Å²) in [5.74, 6) is -1.08. The zero-order chi connectivity index (χ0) is 19.2. The molecule has 0 aliphatic carbocycles. The Morgan fingerprint density at radius 2 is 1.80 bits per heavy atom. The van der Waals surface area contributed by atoms with Crippen LogP contribution in [0.2, 0.25) is 0 Å². The van der Waals surface area contributed by atoms with E-state index in [4.69, 9.17) is 14.2 Å². The van der Waals surface area contributed by atoms with E-state index in [9.17, 15) is 14.4 Å². The molecule has 7 heteroatoms. The van der Waals surface area contributed by atoms with E-state index in [0.717, 1.165) is 6.42 Å². The van der Waals surface area contributed by atoms with Crippen LogP contribution in [0, 0.1) is 5.92 Å². The lowest BCUT2D eigenvalue weighted by molar-refractivity contribution is -0.170. The molecule has 1 N–H and O–H groups in total. The Morgan fingerprint density at radius 1 is 1.20 bits per heavy atom. The van der Waals surface area contributed by atoms with Gasteiger partial charge in [0.25, 0.3) is 0 Å². The van der Waals surface area contributed by atoms with Gasteiger partial charge in [-0.3, -0.25) is 4.79 Å². The van der Waals surface area contributed by atoms with Gasteiger partial charge in [0.15, 0.2) is 0 Å². The highest BCUT2D eigenvalue weighted by molar-refractivity contribution is 5.81. The maximum absolute atomic E-state index is 12.4. The minimum absolute atomic E-state index is 0.239. The maximum atomic E-state index is 12.4. The van der Waals surface area contributed by atoms with Gasteiger partial charge in [-0.1, -0.05) is 20.3 Å². The fourth-order valence-electron chi connectivity index (χ4n) is 2.41. The lowest BCUT2D eigenvalue weighted by Crippen LogP contribution is -2.45. The number of hydrogen-bond donors (Lipinski definition) is 1. The third kappa shape index (κ3) is 7.75. The molecule has 0 aromatic heterocycles. The van der Waals surface area contributed by atoms with Crippen molar-refractivity contribution in [2.24, 2.45) is 5.92 Å². The van der Waals surface area contributed by atoms with Crippen molar-refractivity contribution < 1.29 is 28.6 Å². The molecule has 1 heterocycles. The van der Waals surface area contributed by atoms with Crippen LogP contribution in [0.15, 0.2) is 0 Å². The summed E-state index contributed by atoms with van der Waals surface area (Å²) in [7, 11) is 0. The summed E-state index contributed by atoms with van der Waals surface area (Å²) in [5.41, 5.74) is -0.643. The van der Waals surface area contributed by atoms with Crippen molar-refractivity contribution in [3.05, 3.63) is 0 Å². The first kappa shape index (κ1) is 21.3. The molecule has 1 saturated heterocycles. The van der Waals surface area contributed by atoms with Gasteiger partial charge in [-0.05, 0) is 47.0 Å². The van der Waals surface area contributed by atoms with Crippen LogP contribution in [0.1, 0.15) is 67.2 Å². The summed E-state index contributed by atoms with van der Waals surface area (Å²) in [4.78, 5) is 36.1. The zero-order valence-corrected chi connectivity index (χ0v) is 16.1. The molecule has 25 heavy (non-hydrogen) atoms. The first-order valence-electron chi connectivity index (χ1n) is 8.90. The summed E-state index contributed by atoms with van der Waals surface area (Å²) in [6, 6.07) is -0.767. The van der Waals surface area contributed by atoms with Crippen LogP contribution in [0.3, 0.4) is 0 Å². The van der Waals surface area contributed by atoms with E-state index in [0.29, 0.717) is 19.3 Å². The Labute approximate surface area is 149 Å². The van der Waals surface area contributed by atoms with Crippen molar-refractivity contribution in [2.75, 3.05) is 0 Å². The molecule has 0 radical (unpaired) electrons. The standard InChI is InChI=1S/C18H31NO6/c1-11(2)15(20)24-14-10-8-7-9-13(16(21)23-12(14)3)19-17(22)25-18(4,5)6/h11-14H,7-10H2,1-6H3,(H,19,22)/t12?,13-,14?/m0/s1. The molecule has 0 aromatic rings. The Hall–Kier alpha value is -1.79. The largest absolute Gasteiger partial charge is 0.458 e. The number of nitrogens with one attached hydrogen (secondary N) is 1. The molecule has 1 fully saturated rings. The lowest BCUT2D eigenvalue weighted by Gasteiger charge is -2.26. The minimum Gasteiger partial charge on any atom is -0.458 e. The average molecular weight is 357 g/mol. The van der Waals surface area contributed by atoms with Crippen molar-refractivity contribution in [3.63, 3.8) is 0 Å². The summed E-state index contributed by atoms with van der Waals surface area (Å²) in [6.07, 6.45) is 0.850. The number of esters is 2. The highest BCUT2D eigenvalue weighted by Gasteiger charge is 2.32. The van der Waals surface area contributed by atoms with Crippen LogP contribution in [-0.2, 0) is 23.8 Å². The van der Waals surface area contributed by atoms with Crippen LogP contribution in [0.4, 0.5) is 4.79 Å². The highest BCUT2D eigenvalue weighted by atomic mass is 16.6. The fraction of sp³-hybridized carbons (Fsp3) is 0.833. The van der Waals surface area contributed by atoms with Crippen molar-refractivity contribution in [1.82, 2.24) is 5.32 Å². The predicted octanol–water partition coefficient (Wildman–Crippen LogP) is 2.95. The molecule has 7 nitrogen and oxygen atoms in total. The van der Waals surface area contributed by atoms with Gasteiger partial charge in [-0.2, -0.15) is 0 Å². The number of rotatable bonds is 3. The molecule has 0 saturated carbocycles. The second-order valence-electron chi connectivity index (χ2n) is 7.76. The van der Waals surface area contributed by atoms with E-state index < -0.39 is 35.9 Å². The molecule has 1 amide bonds. The van der Waals surface area contributed by atoms with Crippen LogP contribution >= 0.6 is 0 Å². The van der Waals surface area contributed by atoms with Crippen LogP contribution in [-0.4, -0.2) is 41.9 Å². The molecule has 2 unspecified atom stereocenters. The van der Waals surface area contributed by atoms with Gasteiger partial charge in [-0.25, -0.2) is 9.59 Å². The number of ether oxygens (including phenoxy) is 3. The van der Waals surface area contributed by atoms with Crippen molar-refractivity contribution >= 4 is 18.0 Å². The molecular formula is C18H31NO6. The van der Waals surface area contributed by atoms with Gasteiger partial charge in [0.05, 0.1) is 5.92 Å². The second kappa shape index (κ2) is 9.06. The third-order valence-corrected chi connectivity index (χ3v) is 3.77. The van der Waals surface area contributed by atoms with E-state index >= 15 is 0 Å². The molecule has 1 aliphatic rings. The van der Waals surface area contributed by atoms with Crippen LogP contribution in [0.25, 0.3) is 0 Å². The number of cyclic esters (lactones) is 1. The molecular weight excluding hydrogens is 326 g/mol. The predicted molar refractivity (Wildman–Crippen MR) is 91.9 cm³/mol. The lowest BCUT2D eigenvalue weighted by atomic mass is 10.1. The van der Waals surface area contributed by atoms with Gasteiger partial charge >= 0.3 is 18.0 Å². The normalized spacial score (nSPS) is 25.2. The van der Waals surface area contributed by atoms with Gasteiger partial charge < -0.3 is 19.5 Å². The summed E-state index contributed by atoms with van der Waals surface area (Å²) >= 11 is 0. The molecule has 3 atom stereocenters. The Morgan fingerprint density at radius 3 is 2.36 bits per heavy atom. The highest BCUT2D eigenvalue weighted by Crippen LogP contribution is 2.20. The molecule has 0 spiro atoms. The van der Waals surface area contributed by atoms with Gasteiger partial charge in [0.1, 0.15) is 23.9 Å². The van der Waals surface area contributed by atoms with Gasteiger partial charge in [0.2, 0.25) is 0 Å². The second-order valence-corrected chi connectivity index (χ2v) is 7.76. The summed E-state index contributed by atoms with van der Waals surface area (Å²) < 4.78 is 16.1. The van der Waals surface area contributed by atoms with E-state index in [1.54, 1.807) is 41.5 Å². The van der Waals surface area contributed by atoms with E-state index in [1.807, 2.05) is 0 Å². The first-order valence-corrected chi connectivity index (χ1v) is 8.90. The Kier molecular flexibility index (Phi) is 7.70. The van der Waals surface area contributed by atoms with Crippen molar-refractivity contribution in [1.29, 1.82) is 0 Å². The number of amides is 1. The number of carbonyl (C=O) groups is 3. The van der Waals surface area contributed by atoms with Crippen LogP contribution < -0.4 is 5.32 Å². The van der Waals surface area contributed by atoms with E-state index in [2.05, 4.69) is 5.32 Å². The zero-order valence-electron chi connectivity index (χ0n) is 16.1. The Bertz CT molecular complexity index is 482. The van der Waals surface area contributed by atoms with E-state index in [-0.39, 0.29) is 11.9 Å². The van der Waals surface area contributed by atoms with Gasteiger partial charge in [-0.15, -0.1) is 0 Å². The van der Waals surface area contributed by atoms with Crippen molar-refractivity contribution in [3.8, 4) is 0 Å². The number of alkyl carbamates (subject to hydrolysis) is 1. The molecule has 144 valence electrons. The van der Waals surface area contributed by atoms with Crippen molar-refractivity contribution in [2.45, 2.75) is 91.1 Å². The summed E-state index contributed by atoms with van der Waals surface area (Å²) in [5, 5.41) is 2.57. The average Bonchev–Trinajstić information content (AvgIpc) is 2.50. The maximum Gasteiger partial charge on any atom is 0.408 e. The Balaban J connectivity index is 2.70. The smallest absolute Gasteiger partial charge is 0.408 e. The number of carbonyl (C=O) groups excluding carboxylic acids is 3. The summed E-state index contributed by atoms with van der Waals surface area (Å²) in [6.45, 7) is 10.5. The van der Waals surface area contributed by atoms with Crippen LogP contribution in [0.5, 0.6) is 0 Å². The molecule has 0 bridgehead atoms. The first-order chi connectivity index (χ1) is 11.5. The topological polar surface area (TPSA) is 90.9 Å². The SMILES string of the molecule is CC(C)C(=O)OC1CCCC[C@H](NC(=O)OC(C)(C)C)C(=O)OC1C. The molecule has 0 aromatic carbocycles. The molecule has 1 rings (SSSR count). The van der Waals surface area contributed by atoms with E-state index in [1.165, 1.54) is 0 Å². The number of hydrogen-bond acceptors (Lipinski definition) is 6. The quantitative estimate of drug-likeness (QED) is 0.617. The minimum atomic E-state index is -0.767. The third-order valence-electron chi connectivity index (χ3n) is 3.77. The monoisotopic (exact) mass is 357 g/mol.